The topological polar surface area (TPSA) is 44.5 Å². The van der Waals surface area contributed by atoms with Gasteiger partial charge in [-0.25, -0.2) is 4.68 Å². The van der Waals surface area contributed by atoms with Gasteiger partial charge in [0.05, 0.1) is 11.8 Å². The molecule has 2 heterocycles. The number of nitrogens with zero attached hydrogens (tertiary/aromatic N) is 4. The fraction of sp³-hybridized carbons (Fsp3) is 0.550. The Labute approximate surface area is 150 Å². The molecule has 136 valence electrons. The number of rotatable bonds is 7. The predicted molar refractivity (Wildman–Crippen MR) is 101 cm³/mol. The summed E-state index contributed by atoms with van der Waals surface area (Å²) in [4.78, 5) is 4.81. The van der Waals surface area contributed by atoms with E-state index in [1.54, 1.807) is 6.20 Å². The number of aliphatic hydroxyl groups is 1. The lowest BCUT2D eigenvalue weighted by Gasteiger charge is -2.34. The van der Waals surface area contributed by atoms with Gasteiger partial charge in [0, 0.05) is 32.0 Å². The first-order valence-electron chi connectivity index (χ1n) is 9.28. The van der Waals surface area contributed by atoms with Crippen molar-refractivity contribution in [2.45, 2.75) is 32.4 Å². The first kappa shape index (κ1) is 18.1. The summed E-state index contributed by atoms with van der Waals surface area (Å²) >= 11 is 0. The number of aromatic nitrogens is 2. The zero-order valence-electron chi connectivity index (χ0n) is 15.4. The average molecular weight is 342 g/mol. The number of piperidine rings is 1. The summed E-state index contributed by atoms with van der Waals surface area (Å²) in [5.74, 6) is 0.763. The van der Waals surface area contributed by atoms with Crippen molar-refractivity contribution >= 4 is 0 Å². The van der Waals surface area contributed by atoms with Crippen LogP contribution in [0.15, 0.2) is 42.7 Å². The van der Waals surface area contributed by atoms with Crippen LogP contribution in [0.3, 0.4) is 0 Å². The SMILES string of the molecule is C[C@H](O)CN1CCC(CN(C)Cc2ccc(-n3cccn3)cc2)CC1. The maximum absolute atomic E-state index is 9.50. The van der Waals surface area contributed by atoms with Crippen LogP contribution < -0.4 is 0 Å². The monoisotopic (exact) mass is 342 g/mol. The maximum atomic E-state index is 9.50. The van der Waals surface area contributed by atoms with Crippen LogP contribution in [0.1, 0.15) is 25.3 Å². The van der Waals surface area contributed by atoms with Gasteiger partial charge in [0.1, 0.15) is 0 Å². The molecule has 1 aliphatic heterocycles. The Hall–Kier alpha value is -1.69. The second kappa shape index (κ2) is 8.61. The van der Waals surface area contributed by atoms with Gasteiger partial charge in [-0.15, -0.1) is 0 Å². The molecule has 0 amide bonds. The number of hydrogen-bond donors (Lipinski definition) is 1. The molecule has 0 unspecified atom stereocenters. The van der Waals surface area contributed by atoms with E-state index in [1.807, 2.05) is 23.9 Å². The minimum Gasteiger partial charge on any atom is -0.392 e. The van der Waals surface area contributed by atoms with Crippen LogP contribution in [0.4, 0.5) is 0 Å². The molecular weight excluding hydrogens is 312 g/mol. The lowest BCUT2D eigenvalue weighted by atomic mass is 9.96. The van der Waals surface area contributed by atoms with Gasteiger partial charge < -0.3 is 14.9 Å². The van der Waals surface area contributed by atoms with Crippen molar-refractivity contribution < 1.29 is 5.11 Å². The fourth-order valence-electron chi connectivity index (χ4n) is 3.72. The fourth-order valence-corrected chi connectivity index (χ4v) is 3.72. The van der Waals surface area contributed by atoms with Crippen LogP contribution in [0.2, 0.25) is 0 Å². The van der Waals surface area contributed by atoms with Crippen LogP contribution in [0.5, 0.6) is 0 Å². The molecule has 25 heavy (non-hydrogen) atoms. The highest BCUT2D eigenvalue weighted by Crippen LogP contribution is 2.19. The molecule has 0 saturated carbocycles. The summed E-state index contributed by atoms with van der Waals surface area (Å²) in [5, 5.41) is 13.8. The third kappa shape index (κ3) is 5.39. The molecule has 1 saturated heterocycles. The largest absolute Gasteiger partial charge is 0.392 e. The number of hydrogen-bond acceptors (Lipinski definition) is 4. The summed E-state index contributed by atoms with van der Waals surface area (Å²) in [6.07, 6.45) is 6.01. The average Bonchev–Trinajstić information content (AvgIpc) is 3.11. The van der Waals surface area contributed by atoms with Gasteiger partial charge in [0.25, 0.3) is 0 Å². The Kier molecular flexibility index (Phi) is 6.24. The van der Waals surface area contributed by atoms with Crippen LogP contribution in [0.25, 0.3) is 5.69 Å². The van der Waals surface area contributed by atoms with E-state index in [-0.39, 0.29) is 6.10 Å². The number of benzene rings is 1. The number of β-amino-alcohol motifs (C(OH)–C–C–N with tert-alkyl or cyclic N) is 1. The van der Waals surface area contributed by atoms with E-state index in [9.17, 15) is 5.11 Å². The molecule has 0 aliphatic carbocycles. The lowest BCUT2D eigenvalue weighted by Crippen LogP contribution is -2.40. The summed E-state index contributed by atoms with van der Waals surface area (Å²) in [6.45, 7) is 7.03. The predicted octanol–water partition coefficient (Wildman–Crippen LogP) is 2.40. The molecule has 1 atom stereocenters. The Morgan fingerprint density at radius 1 is 1.24 bits per heavy atom. The van der Waals surface area contributed by atoms with Gasteiger partial charge in [0.2, 0.25) is 0 Å². The highest BCUT2D eigenvalue weighted by atomic mass is 16.3. The third-order valence-electron chi connectivity index (χ3n) is 4.96. The molecule has 1 aliphatic rings. The van der Waals surface area contributed by atoms with Crippen molar-refractivity contribution in [3.8, 4) is 5.69 Å². The molecule has 1 N–H and O–H groups in total. The van der Waals surface area contributed by atoms with E-state index >= 15 is 0 Å². The van der Waals surface area contributed by atoms with E-state index < -0.39 is 0 Å². The molecule has 2 aromatic rings. The quantitative estimate of drug-likeness (QED) is 0.839. The molecule has 5 heteroatoms. The van der Waals surface area contributed by atoms with E-state index in [0.29, 0.717) is 0 Å². The second-order valence-electron chi connectivity index (χ2n) is 7.41. The van der Waals surface area contributed by atoms with Crippen LogP contribution >= 0.6 is 0 Å². The molecule has 1 aromatic carbocycles. The van der Waals surface area contributed by atoms with E-state index in [4.69, 9.17) is 0 Å². The Bertz CT molecular complexity index is 616. The van der Waals surface area contributed by atoms with Gasteiger partial charge in [-0.3, -0.25) is 0 Å². The summed E-state index contributed by atoms with van der Waals surface area (Å²) in [5.41, 5.74) is 2.44. The zero-order valence-corrected chi connectivity index (χ0v) is 15.4. The normalized spacial score (nSPS) is 17.9. The summed E-state index contributed by atoms with van der Waals surface area (Å²) in [7, 11) is 2.21. The molecule has 1 fully saturated rings. The van der Waals surface area contributed by atoms with Gasteiger partial charge in [-0.2, -0.15) is 5.10 Å². The van der Waals surface area contributed by atoms with Crippen molar-refractivity contribution in [3.63, 3.8) is 0 Å². The molecule has 1 aromatic heterocycles. The van der Waals surface area contributed by atoms with E-state index in [1.165, 1.54) is 18.4 Å². The van der Waals surface area contributed by atoms with Gasteiger partial charge in [-0.1, -0.05) is 12.1 Å². The van der Waals surface area contributed by atoms with Crippen molar-refractivity contribution in [1.29, 1.82) is 0 Å². The molecular formula is C20H30N4O. The second-order valence-corrected chi connectivity index (χ2v) is 7.41. The molecule has 3 rings (SSSR count). The van der Waals surface area contributed by atoms with E-state index in [2.05, 4.69) is 46.2 Å². The highest BCUT2D eigenvalue weighted by molar-refractivity contribution is 5.33. The molecule has 0 radical (unpaired) electrons. The zero-order chi connectivity index (χ0) is 17.6. The number of aliphatic hydroxyl groups excluding tert-OH is 1. The van der Waals surface area contributed by atoms with Crippen LogP contribution in [-0.2, 0) is 6.54 Å². The van der Waals surface area contributed by atoms with Crippen molar-refractivity contribution in [1.82, 2.24) is 19.6 Å². The van der Waals surface area contributed by atoms with Crippen molar-refractivity contribution in [3.05, 3.63) is 48.3 Å². The highest BCUT2D eigenvalue weighted by Gasteiger charge is 2.21. The van der Waals surface area contributed by atoms with Gasteiger partial charge in [-0.05, 0) is 69.6 Å². The first-order valence-corrected chi connectivity index (χ1v) is 9.28. The van der Waals surface area contributed by atoms with Crippen LogP contribution in [-0.4, -0.2) is 64.0 Å². The number of likely N-dealkylation sites (tertiary alicyclic amines) is 1. The molecule has 0 bridgehead atoms. The first-order chi connectivity index (χ1) is 12.1. The minimum atomic E-state index is -0.219. The lowest BCUT2D eigenvalue weighted by molar-refractivity contribution is 0.0919. The van der Waals surface area contributed by atoms with Gasteiger partial charge >= 0.3 is 0 Å². The Morgan fingerprint density at radius 3 is 2.56 bits per heavy atom. The molecule has 5 nitrogen and oxygen atoms in total. The standard InChI is InChI=1S/C20H30N4O/c1-17(25)14-23-12-8-19(9-13-23)16-22(2)15-18-4-6-20(7-5-18)24-11-3-10-21-24/h3-7,10-11,17,19,25H,8-9,12-16H2,1-2H3/t17-/m0/s1. The van der Waals surface area contributed by atoms with Gasteiger partial charge in [0.15, 0.2) is 0 Å². The Morgan fingerprint density at radius 2 is 1.96 bits per heavy atom. The maximum Gasteiger partial charge on any atom is 0.0645 e. The minimum absolute atomic E-state index is 0.219. The van der Waals surface area contributed by atoms with Crippen molar-refractivity contribution in [2.75, 3.05) is 33.2 Å². The van der Waals surface area contributed by atoms with Crippen LogP contribution in [0, 0.1) is 5.92 Å². The summed E-state index contributed by atoms with van der Waals surface area (Å²) < 4.78 is 1.88. The smallest absolute Gasteiger partial charge is 0.0645 e. The summed E-state index contributed by atoms with van der Waals surface area (Å²) in [6, 6.07) is 10.6. The van der Waals surface area contributed by atoms with E-state index in [0.717, 1.165) is 44.3 Å². The molecule has 0 spiro atoms. The third-order valence-corrected chi connectivity index (χ3v) is 4.96. The Balaban J connectivity index is 1.44. The van der Waals surface area contributed by atoms with Crippen molar-refractivity contribution in [2.24, 2.45) is 5.92 Å².